The second-order valence-electron chi connectivity index (χ2n) is 4.29. The van der Waals surface area contributed by atoms with Gasteiger partial charge in [-0.2, -0.15) is 5.26 Å². The van der Waals surface area contributed by atoms with E-state index in [0.29, 0.717) is 24.4 Å². The molecule has 1 N–H and O–H groups in total. The van der Waals surface area contributed by atoms with Crippen molar-refractivity contribution in [1.29, 1.82) is 5.26 Å². The lowest BCUT2D eigenvalue weighted by Crippen LogP contribution is -2.13. The smallest absolute Gasteiger partial charge is 0.174 e. The zero-order valence-electron chi connectivity index (χ0n) is 11.0. The van der Waals surface area contributed by atoms with E-state index in [4.69, 9.17) is 10.00 Å². The fourth-order valence-electron chi connectivity index (χ4n) is 1.80. The molecule has 0 aromatic heterocycles. The standard InChI is InChI=1S/C16H15FN2O/c17-16-4-2-1-3-14(16)12-19-11-13-5-7-15(8-6-13)20-10-9-18/h1-8,19H,10-12H2. The summed E-state index contributed by atoms with van der Waals surface area (Å²) < 4.78 is 18.6. The molecule has 0 heterocycles. The number of hydrogen-bond donors (Lipinski definition) is 1. The highest BCUT2D eigenvalue weighted by atomic mass is 19.1. The molecule has 2 rings (SSSR count). The van der Waals surface area contributed by atoms with E-state index in [9.17, 15) is 4.39 Å². The van der Waals surface area contributed by atoms with Crippen LogP contribution in [0.15, 0.2) is 48.5 Å². The van der Waals surface area contributed by atoms with E-state index in [2.05, 4.69) is 5.32 Å². The quantitative estimate of drug-likeness (QED) is 0.877. The van der Waals surface area contributed by atoms with Crippen LogP contribution in [0.1, 0.15) is 11.1 Å². The molecule has 4 heteroatoms. The number of halogens is 1. The van der Waals surface area contributed by atoms with Gasteiger partial charge in [-0.25, -0.2) is 4.39 Å². The number of benzene rings is 2. The highest BCUT2D eigenvalue weighted by molar-refractivity contribution is 5.27. The molecule has 0 aliphatic carbocycles. The highest BCUT2D eigenvalue weighted by Gasteiger charge is 2.00. The third-order valence-corrected chi connectivity index (χ3v) is 2.83. The Kier molecular flexibility index (Phi) is 5.10. The average molecular weight is 270 g/mol. The van der Waals surface area contributed by atoms with Crippen molar-refractivity contribution >= 4 is 0 Å². The number of nitrogens with one attached hydrogen (secondary N) is 1. The Hall–Kier alpha value is -2.38. The summed E-state index contributed by atoms with van der Waals surface area (Å²) in [5, 5.41) is 11.6. The predicted octanol–water partition coefficient (Wildman–Crippen LogP) is 3.02. The first kappa shape index (κ1) is 14.0. The van der Waals surface area contributed by atoms with E-state index < -0.39 is 0 Å². The first-order valence-corrected chi connectivity index (χ1v) is 6.32. The molecule has 0 spiro atoms. The molecule has 0 amide bonds. The molecule has 0 fully saturated rings. The molecular weight excluding hydrogens is 255 g/mol. The lowest BCUT2D eigenvalue weighted by molar-refractivity contribution is 0.368. The number of ether oxygens (including phenoxy) is 1. The lowest BCUT2D eigenvalue weighted by Gasteiger charge is -2.07. The molecular formula is C16H15FN2O. The van der Waals surface area contributed by atoms with Gasteiger partial charge in [-0.05, 0) is 23.8 Å². The van der Waals surface area contributed by atoms with E-state index >= 15 is 0 Å². The van der Waals surface area contributed by atoms with Crippen LogP contribution in [0.25, 0.3) is 0 Å². The Labute approximate surface area is 117 Å². The van der Waals surface area contributed by atoms with Gasteiger partial charge in [-0.1, -0.05) is 30.3 Å². The Balaban J connectivity index is 1.82. The molecule has 102 valence electrons. The number of rotatable bonds is 6. The molecule has 2 aromatic rings. The van der Waals surface area contributed by atoms with Crippen molar-refractivity contribution in [1.82, 2.24) is 5.32 Å². The van der Waals surface area contributed by atoms with Gasteiger partial charge in [0, 0.05) is 18.7 Å². The third kappa shape index (κ3) is 4.08. The molecule has 0 atom stereocenters. The maximum atomic E-state index is 13.4. The van der Waals surface area contributed by atoms with Crippen LogP contribution in [-0.2, 0) is 13.1 Å². The van der Waals surface area contributed by atoms with Crippen molar-refractivity contribution < 1.29 is 9.13 Å². The number of nitriles is 1. The average Bonchev–Trinajstić information content (AvgIpc) is 2.48. The summed E-state index contributed by atoms with van der Waals surface area (Å²) in [4.78, 5) is 0. The van der Waals surface area contributed by atoms with E-state index in [1.807, 2.05) is 36.4 Å². The summed E-state index contributed by atoms with van der Waals surface area (Å²) in [6, 6.07) is 16.1. The summed E-state index contributed by atoms with van der Waals surface area (Å²) in [5.74, 6) is 0.477. The molecule has 0 unspecified atom stereocenters. The third-order valence-electron chi connectivity index (χ3n) is 2.83. The van der Waals surface area contributed by atoms with Crippen LogP contribution in [0.3, 0.4) is 0 Å². The van der Waals surface area contributed by atoms with Crippen molar-refractivity contribution in [2.45, 2.75) is 13.1 Å². The Bertz CT molecular complexity index is 590. The van der Waals surface area contributed by atoms with Gasteiger partial charge in [-0.3, -0.25) is 0 Å². The van der Waals surface area contributed by atoms with Crippen LogP contribution < -0.4 is 10.1 Å². The largest absolute Gasteiger partial charge is 0.479 e. The SMILES string of the molecule is N#CCOc1ccc(CNCc2ccccc2F)cc1. The lowest BCUT2D eigenvalue weighted by atomic mass is 10.2. The topological polar surface area (TPSA) is 45.0 Å². The maximum Gasteiger partial charge on any atom is 0.174 e. The Morgan fingerprint density at radius 3 is 2.50 bits per heavy atom. The van der Waals surface area contributed by atoms with Gasteiger partial charge in [0.1, 0.15) is 17.6 Å². The first-order valence-electron chi connectivity index (χ1n) is 6.32. The molecule has 0 radical (unpaired) electrons. The summed E-state index contributed by atoms with van der Waals surface area (Å²) in [5.41, 5.74) is 1.73. The second kappa shape index (κ2) is 7.27. The number of nitrogens with zero attached hydrogens (tertiary/aromatic N) is 1. The summed E-state index contributed by atoms with van der Waals surface area (Å²) in [6.45, 7) is 1.18. The molecule has 0 saturated heterocycles. The molecule has 20 heavy (non-hydrogen) atoms. The summed E-state index contributed by atoms with van der Waals surface area (Å²) >= 11 is 0. The van der Waals surface area contributed by atoms with Crippen molar-refractivity contribution in [3.8, 4) is 11.8 Å². The van der Waals surface area contributed by atoms with Crippen LogP contribution >= 0.6 is 0 Å². The minimum Gasteiger partial charge on any atom is -0.479 e. The highest BCUT2D eigenvalue weighted by Crippen LogP contribution is 2.12. The molecule has 2 aromatic carbocycles. The van der Waals surface area contributed by atoms with Crippen LogP contribution in [-0.4, -0.2) is 6.61 Å². The minimum absolute atomic E-state index is 0.0465. The van der Waals surface area contributed by atoms with Gasteiger partial charge in [0.2, 0.25) is 0 Å². The summed E-state index contributed by atoms with van der Waals surface area (Å²) in [7, 11) is 0. The fourth-order valence-corrected chi connectivity index (χ4v) is 1.80. The monoisotopic (exact) mass is 270 g/mol. The van der Waals surface area contributed by atoms with Crippen molar-refractivity contribution in [2.24, 2.45) is 0 Å². The fraction of sp³-hybridized carbons (Fsp3) is 0.188. The maximum absolute atomic E-state index is 13.4. The second-order valence-corrected chi connectivity index (χ2v) is 4.29. The Morgan fingerprint density at radius 1 is 1.05 bits per heavy atom. The Morgan fingerprint density at radius 2 is 1.80 bits per heavy atom. The van der Waals surface area contributed by atoms with Crippen molar-refractivity contribution in [3.63, 3.8) is 0 Å². The molecule has 0 aliphatic rings. The van der Waals surface area contributed by atoms with Crippen LogP contribution in [0, 0.1) is 17.1 Å². The van der Waals surface area contributed by atoms with Gasteiger partial charge in [0.25, 0.3) is 0 Å². The minimum atomic E-state index is -0.194. The summed E-state index contributed by atoms with van der Waals surface area (Å²) in [6.07, 6.45) is 0. The van der Waals surface area contributed by atoms with Gasteiger partial charge in [0.05, 0.1) is 0 Å². The van der Waals surface area contributed by atoms with Crippen LogP contribution in [0.2, 0.25) is 0 Å². The van der Waals surface area contributed by atoms with E-state index in [0.717, 1.165) is 5.56 Å². The van der Waals surface area contributed by atoms with E-state index in [1.54, 1.807) is 12.1 Å². The number of hydrogen-bond acceptors (Lipinski definition) is 3. The van der Waals surface area contributed by atoms with Crippen LogP contribution in [0.5, 0.6) is 5.75 Å². The molecule has 0 saturated carbocycles. The van der Waals surface area contributed by atoms with Gasteiger partial charge in [-0.15, -0.1) is 0 Å². The van der Waals surface area contributed by atoms with Crippen molar-refractivity contribution in [3.05, 3.63) is 65.5 Å². The van der Waals surface area contributed by atoms with Crippen molar-refractivity contribution in [2.75, 3.05) is 6.61 Å². The van der Waals surface area contributed by atoms with E-state index in [1.165, 1.54) is 6.07 Å². The zero-order chi connectivity index (χ0) is 14.2. The van der Waals surface area contributed by atoms with Gasteiger partial charge in [0.15, 0.2) is 6.61 Å². The zero-order valence-corrected chi connectivity index (χ0v) is 11.0. The predicted molar refractivity (Wildman–Crippen MR) is 74.5 cm³/mol. The normalized spacial score (nSPS) is 10.0. The van der Waals surface area contributed by atoms with Gasteiger partial charge < -0.3 is 10.1 Å². The van der Waals surface area contributed by atoms with Gasteiger partial charge >= 0.3 is 0 Å². The van der Waals surface area contributed by atoms with E-state index in [-0.39, 0.29) is 12.4 Å². The molecule has 0 aliphatic heterocycles. The first-order chi connectivity index (χ1) is 9.79. The molecule has 0 bridgehead atoms. The van der Waals surface area contributed by atoms with Crippen LogP contribution in [0.4, 0.5) is 4.39 Å². The molecule has 3 nitrogen and oxygen atoms in total.